The highest BCUT2D eigenvalue weighted by Crippen LogP contribution is 2.33. The number of hydrogen-bond donors (Lipinski definition) is 0. The predicted molar refractivity (Wildman–Crippen MR) is 63.4 cm³/mol. The number of alkyl halides is 2. The SMILES string of the molecule is C[C@](Cl)(CSSC[C@@](C)(Cl)C(=O)[O-])C(=O)[O-]. The van der Waals surface area contributed by atoms with Gasteiger partial charge in [-0.05, 0) is 13.8 Å². The van der Waals surface area contributed by atoms with Crippen LogP contribution in [0.4, 0.5) is 0 Å². The molecule has 0 unspecified atom stereocenters. The van der Waals surface area contributed by atoms with Crippen LogP contribution in [0.2, 0.25) is 0 Å². The van der Waals surface area contributed by atoms with E-state index in [1.165, 1.54) is 13.8 Å². The minimum absolute atomic E-state index is 0.0849. The number of rotatable bonds is 7. The Kier molecular flexibility index (Phi) is 6.32. The topological polar surface area (TPSA) is 80.3 Å². The second-order valence-electron chi connectivity index (χ2n) is 3.49. The van der Waals surface area contributed by atoms with Crippen LogP contribution in [0.3, 0.4) is 0 Å². The molecule has 0 aromatic rings. The molecule has 16 heavy (non-hydrogen) atoms. The molecule has 0 saturated carbocycles. The Morgan fingerprint density at radius 2 is 1.25 bits per heavy atom. The summed E-state index contributed by atoms with van der Waals surface area (Å²) in [6.07, 6.45) is 0. The van der Waals surface area contributed by atoms with Crippen LogP contribution in [0.5, 0.6) is 0 Å². The van der Waals surface area contributed by atoms with E-state index in [9.17, 15) is 19.8 Å². The Balaban J connectivity index is 3.94. The normalized spacial score (nSPS) is 18.5. The molecular formula is C8H10Cl2O4S2-2. The lowest BCUT2D eigenvalue weighted by molar-refractivity contribution is -0.309. The summed E-state index contributed by atoms with van der Waals surface area (Å²) in [4.78, 5) is 18.1. The van der Waals surface area contributed by atoms with Gasteiger partial charge in [-0.15, -0.1) is 23.2 Å². The van der Waals surface area contributed by atoms with Crippen molar-refractivity contribution in [1.29, 1.82) is 0 Å². The molecule has 4 nitrogen and oxygen atoms in total. The summed E-state index contributed by atoms with van der Waals surface area (Å²) >= 11 is 11.3. The number of carboxylic acid groups (broad SMARTS) is 2. The molecule has 0 aliphatic heterocycles. The predicted octanol–water partition coefficient (Wildman–Crippen LogP) is -0.137. The Bertz CT molecular complexity index is 253. The van der Waals surface area contributed by atoms with Crippen LogP contribution in [-0.2, 0) is 9.59 Å². The minimum Gasteiger partial charge on any atom is -0.548 e. The van der Waals surface area contributed by atoms with E-state index in [2.05, 4.69) is 0 Å². The van der Waals surface area contributed by atoms with E-state index in [0.717, 1.165) is 21.6 Å². The Hall–Kier alpha value is 0.220. The molecule has 94 valence electrons. The third kappa shape index (κ3) is 5.52. The van der Waals surface area contributed by atoms with Crippen LogP contribution in [0.25, 0.3) is 0 Å². The van der Waals surface area contributed by atoms with Crippen molar-refractivity contribution in [2.24, 2.45) is 0 Å². The first kappa shape index (κ1) is 16.2. The molecular weight excluding hydrogens is 295 g/mol. The van der Waals surface area contributed by atoms with Crippen molar-refractivity contribution in [1.82, 2.24) is 0 Å². The highest BCUT2D eigenvalue weighted by molar-refractivity contribution is 8.76. The van der Waals surface area contributed by atoms with Crippen molar-refractivity contribution in [2.45, 2.75) is 23.6 Å². The van der Waals surface area contributed by atoms with Crippen LogP contribution in [0, 0.1) is 0 Å². The van der Waals surface area contributed by atoms with Gasteiger partial charge in [-0.3, -0.25) is 0 Å². The molecule has 0 aliphatic carbocycles. The third-order valence-corrected chi connectivity index (χ3v) is 5.25. The number of carboxylic acids is 2. The van der Waals surface area contributed by atoms with Gasteiger partial charge >= 0.3 is 0 Å². The molecule has 0 spiro atoms. The van der Waals surface area contributed by atoms with E-state index < -0.39 is 21.7 Å². The van der Waals surface area contributed by atoms with Gasteiger partial charge in [0, 0.05) is 11.5 Å². The maximum absolute atomic E-state index is 10.5. The van der Waals surface area contributed by atoms with Crippen LogP contribution in [0.1, 0.15) is 13.8 Å². The first-order valence-electron chi connectivity index (χ1n) is 4.15. The molecule has 0 amide bonds. The average Bonchev–Trinajstić information content (AvgIpc) is 2.12. The van der Waals surface area contributed by atoms with Crippen molar-refractivity contribution < 1.29 is 19.8 Å². The standard InChI is InChI=1S/C8H12Cl2O4S2/c1-7(9,5(11)12)3-15-16-4-8(2,10)6(13)14/h3-4H2,1-2H3,(H,11,12)(H,13,14)/p-2/t7-,8+. The van der Waals surface area contributed by atoms with Gasteiger partial charge in [-0.25, -0.2) is 0 Å². The zero-order valence-electron chi connectivity index (χ0n) is 8.62. The molecule has 0 heterocycles. The number of aliphatic carboxylic acids is 2. The van der Waals surface area contributed by atoms with E-state index in [1.54, 1.807) is 0 Å². The van der Waals surface area contributed by atoms with Gasteiger partial charge in [0.2, 0.25) is 0 Å². The van der Waals surface area contributed by atoms with Crippen molar-refractivity contribution in [3.63, 3.8) is 0 Å². The molecule has 0 saturated heterocycles. The summed E-state index contributed by atoms with van der Waals surface area (Å²) in [5.41, 5.74) is 0. The fourth-order valence-corrected chi connectivity index (χ4v) is 3.90. The second-order valence-corrected chi connectivity index (χ2v) is 7.63. The van der Waals surface area contributed by atoms with Gasteiger partial charge in [-0.1, -0.05) is 21.6 Å². The summed E-state index contributed by atoms with van der Waals surface area (Å²) in [7, 11) is 2.24. The highest BCUT2D eigenvalue weighted by Gasteiger charge is 2.25. The van der Waals surface area contributed by atoms with Gasteiger partial charge in [0.15, 0.2) is 0 Å². The van der Waals surface area contributed by atoms with Gasteiger partial charge in [0.1, 0.15) is 0 Å². The number of carbonyl (C=O) groups is 2. The Morgan fingerprint density at radius 3 is 1.44 bits per heavy atom. The van der Waals surface area contributed by atoms with E-state index in [-0.39, 0.29) is 11.5 Å². The Labute approximate surface area is 111 Å². The molecule has 0 N–H and O–H groups in total. The molecule has 2 atom stereocenters. The molecule has 0 aromatic heterocycles. The van der Waals surface area contributed by atoms with Crippen LogP contribution >= 0.6 is 44.8 Å². The highest BCUT2D eigenvalue weighted by atomic mass is 35.5. The fraction of sp³-hybridized carbons (Fsp3) is 0.750. The first-order valence-corrected chi connectivity index (χ1v) is 7.39. The zero-order valence-corrected chi connectivity index (χ0v) is 11.8. The zero-order chi connectivity index (χ0) is 13.0. The molecule has 0 fully saturated rings. The maximum atomic E-state index is 10.5. The van der Waals surface area contributed by atoms with E-state index in [1.807, 2.05) is 0 Å². The summed E-state index contributed by atoms with van der Waals surface area (Å²) in [6, 6.07) is 0. The fourth-order valence-electron chi connectivity index (χ4n) is 0.423. The van der Waals surface area contributed by atoms with Crippen LogP contribution in [-0.4, -0.2) is 33.2 Å². The summed E-state index contributed by atoms with van der Waals surface area (Å²) < 4.78 is 0. The van der Waals surface area contributed by atoms with Crippen LogP contribution in [0.15, 0.2) is 0 Å². The van der Waals surface area contributed by atoms with Gasteiger partial charge in [0.25, 0.3) is 0 Å². The first-order chi connectivity index (χ1) is 7.09. The maximum Gasteiger partial charge on any atom is 0.0909 e. The molecule has 0 rings (SSSR count). The lowest BCUT2D eigenvalue weighted by Gasteiger charge is -2.24. The molecule has 8 heteroatoms. The van der Waals surface area contributed by atoms with E-state index in [0.29, 0.717) is 0 Å². The summed E-state index contributed by atoms with van der Waals surface area (Å²) in [6.45, 7) is 2.63. The summed E-state index contributed by atoms with van der Waals surface area (Å²) in [5.74, 6) is -2.56. The Morgan fingerprint density at radius 1 is 1.00 bits per heavy atom. The smallest absolute Gasteiger partial charge is 0.0909 e. The molecule has 0 bridgehead atoms. The van der Waals surface area contributed by atoms with Crippen molar-refractivity contribution in [3.05, 3.63) is 0 Å². The quantitative estimate of drug-likeness (QED) is 0.370. The van der Waals surface area contributed by atoms with E-state index >= 15 is 0 Å². The molecule has 0 aliphatic rings. The lowest BCUT2D eigenvalue weighted by Crippen LogP contribution is -2.44. The van der Waals surface area contributed by atoms with E-state index in [4.69, 9.17) is 23.2 Å². The monoisotopic (exact) mass is 304 g/mol. The average molecular weight is 305 g/mol. The number of carbonyl (C=O) groups excluding carboxylic acids is 2. The van der Waals surface area contributed by atoms with Gasteiger partial charge in [-0.2, -0.15) is 0 Å². The molecule has 0 aromatic carbocycles. The van der Waals surface area contributed by atoms with Gasteiger partial charge in [0.05, 0.1) is 21.7 Å². The number of halogens is 2. The second kappa shape index (κ2) is 6.23. The van der Waals surface area contributed by atoms with Gasteiger partial charge < -0.3 is 19.8 Å². The number of hydrogen-bond acceptors (Lipinski definition) is 6. The van der Waals surface area contributed by atoms with Crippen LogP contribution < -0.4 is 10.2 Å². The summed E-state index contributed by atoms with van der Waals surface area (Å²) in [5, 5.41) is 21.0. The largest absolute Gasteiger partial charge is 0.548 e. The lowest BCUT2D eigenvalue weighted by atomic mass is 10.2. The van der Waals surface area contributed by atoms with Crippen molar-refractivity contribution in [2.75, 3.05) is 11.5 Å². The van der Waals surface area contributed by atoms with Crippen molar-refractivity contribution >= 4 is 56.7 Å². The third-order valence-electron chi connectivity index (χ3n) is 1.59. The molecule has 0 radical (unpaired) electrons. The van der Waals surface area contributed by atoms with Crippen molar-refractivity contribution in [3.8, 4) is 0 Å². The minimum atomic E-state index is -1.47.